The van der Waals surface area contributed by atoms with E-state index in [4.69, 9.17) is 5.26 Å². The number of nitriles is 1. The summed E-state index contributed by atoms with van der Waals surface area (Å²) < 4.78 is 0. The summed E-state index contributed by atoms with van der Waals surface area (Å²) in [5.74, 6) is 0. The Morgan fingerprint density at radius 2 is 2.00 bits per heavy atom. The fraction of sp³-hybridized carbons (Fsp3) is 0. The van der Waals surface area contributed by atoms with Gasteiger partial charge in [0.15, 0.2) is 0 Å². The maximum absolute atomic E-state index is 8.90. The van der Waals surface area contributed by atoms with E-state index in [9.17, 15) is 0 Å². The molecular weight excluding hydrogens is 210 g/mol. The number of rotatable bonds is 1. The van der Waals surface area contributed by atoms with E-state index in [0.717, 1.165) is 22.2 Å². The van der Waals surface area contributed by atoms with E-state index >= 15 is 0 Å². The van der Waals surface area contributed by atoms with Crippen LogP contribution in [0.5, 0.6) is 0 Å². The summed E-state index contributed by atoms with van der Waals surface area (Å²) in [6, 6.07) is 14.0. The molecule has 0 radical (unpaired) electrons. The quantitative estimate of drug-likeness (QED) is 0.683. The molecule has 0 atom stereocenters. The summed E-state index contributed by atoms with van der Waals surface area (Å²) in [6.45, 7) is 0. The van der Waals surface area contributed by atoms with Crippen molar-refractivity contribution in [2.24, 2.45) is 0 Å². The van der Waals surface area contributed by atoms with Crippen LogP contribution in [0.15, 0.2) is 48.8 Å². The number of aromatic nitrogens is 2. The van der Waals surface area contributed by atoms with Gasteiger partial charge in [-0.3, -0.25) is 0 Å². The number of nitrogens with zero attached hydrogens (tertiary/aromatic N) is 2. The molecule has 3 heteroatoms. The molecule has 2 aromatic heterocycles. The minimum Gasteiger partial charge on any atom is -0.346 e. The van der Waals surface area contributed by atoms with Crippen LogP contribution in [0.25, 0.3) is 22.2 Å². The molecule has 3 nitrogen and oxygen atoms in total. The summed E-state index contributed by atoms with van der Waals surface area (Å²) >= 11 is 0. The van der Waals surface area contributed by atoms with E-state index in [2.05, 4.69) is 16.0 Å². The predicted molar refractivity (Wildman–Crippen MR) is 66.2 cm³/mol. The van der Waals surface area contributed by atoms with E-state index in [1.807, 2.05) is 42.6 Å². The first kappa shape index (κ1) is 9.61. The molecule has 0 fully saturated rings. The molecule has 0 bridgehead atoms. The molecule has 1 N–H and O–H groups in total. The summed E-state index contributed by atoms with van der Waals surface area (Å²) in [6.07, 6.45) is 3.50. The van der Waals surface area contributed by atoms with Gasteiger partial charge in [-0.2, -0.15) is 5.26 Å². The number of nitrogens with one attached hydrogen (secondary N) is 1. The highest BCUT2D eigenvalue weighted by molar-refractivity contribution is 5.94. The van der Waals surface area contributed by atoms with Gasteiger partial charge in [0.25, 0.3) is 0 Å². The summed E-state index contributed by atoms with van der Waals surface area (Å²) in [5, 5.41) is 9.88. The number of fused-ring (bicyclic) bond motifs is 1. The van der Waals surface area contributed by atoms with Crippen LogP contribution in [0.3, 0.4) is 0 Å². The van der Waals surface area contributed by atoms with Gasteiger partial charge >= 0.3 is 0 Å². The number of aromatic amines is 1. The van der Waals surface area contributed by atoms with Crippen LogP contribution in [0.4, 0.5) is 0 Å². The van der Waals surface area contributed by atoms with Crippen LogP contribution in [-0.2, 0) is 0 Å². The molecule has 0 unspecified atom stereocenters. The van der Waals surface area contributed by atoms with Crippen molar-refractivity contribution < 1.29 is 0 Å². The third kappa shape index (κ3) is 1.56. The summed E-state index contributed by atoms with van der Waals surface area (Å²) in [4.78, 5) is 7.34. The number of pyridine rings is 1. The SMILES string of the molecule is N#Cc1cnc2[nH]cc(-c3ccccc3)c2c1. The third-order valence-electron chi connectivity index (χ3n) is 2.74. The fourth-order valence-corrected chi connectivity index (χ4v) is 1.92. The fourth-order valence-electron chi connectivity index (χ4n) is 1.92. The van der Waals surface area contributed by atoms with Crippen LogP contribution in [0.1, 0.15) is 5.56 Å². The van der Waals surface area contributed by atoms with E-state index in [1.54, 1.807) is 6.20 Å². The van der Waals surface area contributed by atoms with Gasteiger partial charge < -0.3 is 4.98 Å². The van der Waals surface area contributed by atoms with Crippen LogP contribution < -0.4 is 0 Å². The van der Waals surface area contributed by atoms with E-state index in [1.165, 1.54) is 0 Å². The molecular formula is C14H9N3. The number of hydrogen-bond donors (Lipinski definition) is 1. The van der Waals surface area contributed by atoms with Crippen molar-refractivity contribution in [3.8, 4) is 17.2 Å². The van der Waals surface area contributed by atoms with Crippen LogP contribution >= 0.6 is 0 Å². The number of H-pyrrole nitrogens is 1. The van der Waals surface area contributed by atoms with Crippen molar-refractivity contribution in [1.82, 2.24) is 9.97 Å². The zero-order chi connectivity index (χ0) is 11.7. The Kier molecular flexibility index (Phi) is 2.13. The highest BCUT2D eigenvalue weighted by Crippen LogP contribution is 2.27. The van der Waals surface area contributed by atoms with Crippen molar-refractivity contribution in [3.05, 3.63) is 54.4 Å². The average Bonchev–Trinajstić information content (AvgIpc) is 2.82. The second-order valence-electron chi connectivity index (χ2n) is 3.80. The average molecular weight is 219 g/mol. The molecule has 0 saturated heterocycles. The Labute approximate surface area is 98.4 Å². The molecule has 0 aliphatic rings. The molecule has 0 amide bonds. The molecule has 17 heavy (non-hydrogen) atoms. The lowest BCUT2D eigenvalue weighted by molar-refractivity contribution is 1.31. The largest absolute Gasteiger partial charge is 0.346 e. The Bertz CT molecular complexity index is 705. The Morgan fingerprint density at radius 3 is 2.76 bits per heavy atom. The summed E-state index contributed by atoms with van der Waals surface area (Å²) in [5.41, 5.74) is 3.58. The first-order valence-corrected chi connectivity index (χ1v) is 5.31. The van der Waals surface area contributed by atoms with Crippen molar-refractivity contribution in [2.75, 3.05) is 0 Å². The summed E-state index contributed by atoms with van der Waals surface area (Å²) in [7, 11) is 0. The Hall–Kier alpha value is -2.60. The Morgan fingerprint density at radius 1 is 1.18 bits per heavy atom. The van der Waals surface area contributed by atoms with E-state index in [-0.39, 0.29) is 0 Å². The first-order valence-electron chi connectivity index (χ1n) is 5.31. The lowest BCUT2D eigenvalue weighted by atomic mass is 10.1. The standard InChI is InChI=1S/C14H9N3/c15-7-10-6-12-13(9-17-14(12)16-8-10)11-4-2-1-3-5-11/h1-6,8-9H,(H,16,17). The minimum atomic E-state index is 0.578. The maximum Gasteiger partial charge on any atom is 0.137 e. The second-order valence-corrected chi connectivity index (χ2v) is 3.80. The first-order chi connectivity index (χ1) is 8.38. The van der Waals surface area contributed by atoms with Gasteiger partial charge in [0.1, 0.15) is 11.7 Å². The van der Waals surface area contributed by atoms with Gasteiger partial charge in [-0.25, -0.2) is 4.98 Å². The van der Waals surface area contributed by atoms with Gasteiger partial charge in [0.05, 0.1) is 5.56 Å². The molecule has 3 aromatic rings. The molecule has 0 aliphatic carbocycles. The molecule has 3 rings (SSSR count). The zero-order valence-electron chi connectivity index (χ0n) is 9.01. The zero-order valence-corrected chi connectivity index (χ0v) is 9.01. The van der Waals surface area contributed by atoms with Crippen LogP contribution in [-0.4, -0.2) is 9.97 Å². The molecule has 0 spiro atoms. The van der Waals surface area contributed by atoms with Gasteiger partial charge in [-0.1, -0.05) is 30.3 Å². The Balaban J connectivity index is 2.28. The van der Waals surface area contributed by atoms with Gasteiger partial charge in [0.2, 0.25) is 0 Å². The van der Waals surface area contributed by atoms with Crippen molar-refractivity contribution in [3.63, 3.8) is 0 Å². The predicted octanol–water partition coefficient (Wildman–Crippen LogP) is 3.10. The minimum absolute atomic E-state index is 0.578. The third-order valence-corrected chi connectivity index (χ3v) is 2.74. The van der Waals surface area contributed by atoms with E-state index < -0.39 is 0 Å². The topological polar surface area (TPSA) is 52.5 Å². The van der Waals surface area contributed by atoms with Crippen molar-refractivity contribution in [2.45, 2.75) is 0 Å². The van der Waals surface area contributed by atoms with Crippen molar-refractivity contribution in [1.29, 1.82) is 5.26 Å². The van der Waals surface area contributed by atoms with Gasteiger partial charge in [-0.15, -0.1) is 0 Å². The van der Waals surface area contributed by atoms with E-state index in [0.29, 0.717) is 5.56 Å². The lowest BCUT2D eigenvalue weighted by Gasteiger charge is -1.98. The normalized spacial score (nSPS) is 10.3. The molecule has 0 saturated carbocycles. The monoisotopic (exact) mass is 219 g/mol. The maximum atomic E-state index is 8.90. The number of benzene rings is 1. The molecule has 0 aliphatic heterocycles. The van der Waals surface area contributed by atoms with Crippen molar-refractivity contribution >= 4 is 11.0 Å². The highest BCUT2D eigenvalue weighted by atomic mass is 14.8. The molecule has 1 aromatic carbocycles. The lowest BCUT2D eigenvalue weighted by Crippen LogP contribution is -1.80. The smallest absolute Gasteiger partial charge is 0.137 e. The highest BCUT2D eigenvalue weighted by Gasteiger charge is 2.07. The van der Waals surface area contributed by atoms with Crippen LogP contribution in [0.2, 0.25) is 0 Å². The molecule has 80 valence electrons. The number of hydrogen-bond acceptors (Lipinski definition) is 2. The molecule has 2 heterocycles. The van der Waals surface area contributed by atoms with Crippen LogP contribution in [0, 0.1) is 11.3 Å². The van der Waals surface area contributed by atoms with Gasteiger partial charge in [-0.05, 0) is 11.6 Å². The van der Waals surface area contributed by atoms with Gasteiger partial charge in [0, 0.05) is 23.3 Å². The second kappa shape index (κ2) is 3.76.